The third-order valence-electron chi connectivity index (χ3n) is 0.533. The van der Waals surface area contributed by atoms with Crippen molar-refractivity contribution in [1.82, 2.24) is 0 Å². The average Bonchev–Trinajstić information content (AvgIpc) is 2.04. The Labute approximate surface area is 108 Å². The van der Waals surface area contributed by atoms with Crippen LogP contribution in [0.15, 0.2) is 0 Å². The Hall–Kier alpha value is 1.76. The second-order valence-electron chi connectivity index (χ2n) is 1.22. The molecular formula is O9V5. The van der Waals surface area contributed by atoms with Crippen molar-refractivity contribution in [2.24, 2.45) is 0 Å². The Kier molecular flexibility index (Phi) is 9.98. The molecule has 0 aliphatic rings. The van der Waals surface area contributed by atoms with Gasteiger partial charge >= 0.3 is 109 Å². The molecule has 14 heteroatoms. The van der Waals surface area contributed by atoms with E-state index in [2.05, 4.69) is 10.3 Å². The maximum absolute atomic E-state index is 11.2. The van der Waals surface area contributed by atoms with Gasteiger partial charge in [-0.2, -0.15) is 0 Å². The van der Waals surface area contributed by atoms with E-state index in [1.807, 2.05) is 0 Å². The van der Waals surface area contributed by atoms with Gasteiger partial charge in [0.2, 0.25) is 0 Å². The minimum absolute atomic E-state index is 1.87. The summed E-state index contributed by atoms with van der Waals surface area (Å²) in [4.78, 5) is 0. The Bertz CT molecular complexity index is 265. The molecule has 0 aromatic heterocycles. The van der Waals surface area contributed by atoms with Crippen molar-refractivity contribution in [3.05, 3.63) is 0 Å². The molecule has 0 radical (unpaired) electrons. The Morgan fingerprint density at radius 2 is 1.50 bits per heavy atom. The average molecular weight is 399 g/mol. The zero-order chi connectivity index (χ0) is 11.0. The normalized spacial score (nSPS) is 10.6. The molecule has 79 valence electrons. The van der Waals surface area contributed by atoms with E-state index in [0.29, 0.717) is 0 Å². The fourth-order valence-electron chi connectivity index (χ4n) is 0.250. The molecule has 0 amide bonds. The van der Waals surface area contributed by atoms with E-state index in [-0.39, 0.29) is 0 Å². The molecule has 0 aliphatic heterocycles. The second-order valence-corrected chi connectivity index (χ2v) is 9.24. The first kappa shape index (κ1) is 15.8. The van der Waals surface area contributed by atoms with Gasteiger partial charge in [-0.15, -0.1) is 0 Å². The molecule has 9 nitrogen and oxygen atoms in total. The fraction of sp³-hybridized carbons (Fsp3) is 0. The first-order valence-corrected chi connectivity index (χ1v) is 9.79. The summed E-state index contributed by atoms with van der Waals surface area (Å²) < 4.78 is 68.3. The molecule has 0 atom stereocenters. The van der Waals surface area contributed by atoms with E-state index >= 15 is 0 Å². The molecule has 0 bridgehead atoms. The molecule has 0 fully saturated rings. The predicted octanol–water partition coefficient (Wildman–Crippen LogP) is -0.880. The van der Waals surface area contributed by atoms with Gasteiger partial charge in [-0.1, -0.05) is 0 Å². The molecule has 0 aromatic rings. The fourth-order valence-corrected chi connectivity index (χ4v) is 7.42. The predicted molar refractivity (Wildman–Crippen MR) is 7.77 cm³/mol. The number of hydrogen-bond donors (Lipinski definition) is 0. The SMILES string of the molecule is [O]=[V][O][V](=[O])[O][V](=[O])([O][V]=[O])[O][V]=[O]. The van der Waals surface area contributed by atoms with Crippen molar-refractivity contribution < 1.29 is 109 Å². The molecule has 0 heterocycles. The molecule has 0 saturated heterocycles. The van der Waals surface area contributed by atoms with Crippen LogP contribution in [-0.4, -0.2) is 0 Å². The summed E-state index contributed by atoms with van der Waals surface area (Å²) in [5, 5.41) is 0. The molecule has 14 heavy (non-hydrogen) atoms. The third kappa shape index (κ3) is 7.10. The van der Waals surface area contributed by atoms with Gasteiger partial charge in [0.1, 0.15) is 0 Å². The van der Waals surface area contributed by atoms with Crippen molar-refractivity contribution >= 4 is 0 Å². The van der Waals surface area contributed by atoms with Crippen LogP contribution in [0.4, 0.5) is 0 Å². The summed E-state index contributed by atoms with van der Waals surface area (Å²) in [6.45, 7) is 0. The van der Waals surface area contributed by atoms with Crippen molar-refractivity contribution in [2.45, 2.75) is 0 Å². The van der Waals surface area contributed by atoms with E-state index in [0.717, 1.165) is 0 Å². The molecule has 0 saturated carbocycles. The summed E-state index contributed by atoms with van der Waals surface area (Å²) in [5.74, 6) is 0. The summed E-state index contributed by atoms with van der Waals surface area (Å²) in [5.41, 5.74) is 0. The topological polar surface area (TPSA) is 122 Å². The van der Waals surface area contributed by atoms with E-state index in [1.165, 1.54) is 0 Å². The molecule has 0 unspecified atom stereocenters. The van der Waals surface area contributed by atoms with Crippen molar-refractivity contribution in [1.29, 1.82) is 0 Å². The van der Waals surface area contributed by atoms with Crippen LogP contribution in [-0.2, 0) is 109 Å². The quantitative estimate of drug-likeness (QED) is 0.512. The zero-order valence-electron chi connectivity index (χ0n) is 5.91. The van der Waals surface area contributed by atoms with Gasteiger partial charge in [-0.25, -0.2) is 0 Å². The molecule has 0 rings (SSSR count). The van der Waals surface area contributed by atoms with Crippen LogP contribution in [0.3, 0.4) is 0 Å². The molecule has 0 aromatic carbocycles. The van der Waals surface area contributed by atoms with E-state index in [9.17, 15) is 18.4 Å². The molecule has 0 aliphatic carbocycles. The van der Waals surface area contributed by atoms with Crippen LogP contribution in [0, 0.1) is 0 Å². The van der Waals surface area contributed by atoms with Crippen LogP contribution in [0.2, 0.25) is 0 Å². The molecular weight excluding hydrogens is 399 g/mol. The second kappa shape index (κ2) is 8.86. The van der Waals surface area contributed by atoms with Gasteiger partial charge in [0.15, 0.2) is 0 Å². The summed E-state index contributed by atoms with van der Waals surface area (Å²) in [7, 11) is 0. The van der Waals surface area contributed by atoms with Crippen LogP contribution < -0.4 is 0 Å². The van der Waals surface area contributed by atoms with Gasteiger partial charge in [0, 0.05) is 0 Å². The Balaban J connectivity index is 4.42. The number of hydrogen-bond acceptors (Lipinski definition) is 9. The first-order valence-electron chi connectivity index (χ1n) is 2.37. The number of rotatable bonds is 8. The third-order valence-corrected chi connectivity index (χ3v) is 9.07. The van der Waals surface area contributed by atoms with Gasteiger partial charge < -0.3 is 0 Å². The zero-order valence-corrected chi connectivity index (χ0v) is 12.9. The summed E-state index contributed by atoms with van der Waals surface area (Å²) >= 11 is -14.6. The van der Waals surface area contributed by atoms with E-state index < -0.39 is 80.6 Å². The summed E-state index contributed by atoms with van der Waals surface area (Å²) in [6.07, 6.45) is 0. The summed E-state index contributed by atoms with van der Waals surface area (Å²) in [6, 6.07) is 0. The standard InChI is InChI=1S/9O.5V. The van der Waals surface area contributed by atoms with Crippen LogP contribution in [0.25, 0.3) is 0 Å². The maximum atomic E-state index is 11.2. The van der Waals surface area contributed by atoms with Gasteiger partial charge in [-0.05, 0) is 0 Å². The first-order chi connectivity index (χ1) is 6.58. The van der Waals surface area contributed by atoms with Crippen LogP contribution in [0.5, 0.6) is 0 Å². The van der Waals surface area contributed by atoms with Crippen molar-refractivity contribution in [2.75, 3.05) is 0 Å². The van der Waals surface area contributed by atoms with Crippen LogP contribution in [0.1, 0.15) is 0 Å². The molecule has 0 spiro atoms. The van der Waals surface area contributed by atoms with Crippen LogP contribution >= 0.6 is 0 Å². The van der Waals surface area contributed by atoms with E-state index in [1.54, 1.807) is 0 Å². The Morgan fingerprint density at radius 1 is 1.00 bits per heavy atom. The Morgan fingerprint density at radius 3 is 1.86 bits per heavy atom. The van der Waals surface area contributed by atoms with E-state index in [4.69, 9.17) is 0 Å². The molecule has 0 N–H and O–H groups in total. The monoisotopic (exact) mass is 399 g/mol. The van der Waals surface area contributed by atoms with Gasteiger partial charge in [0.25, 0.3) is 0 Å². The van der Waals surface area contributed by atoms with Gasteiger partial charge in [0.05, 0.1) is 0 Å². The van der Waals surface area contributed by atoms with Crippen molar-refractivity contribution in [3.63, 3.8) is 0 Å². The van der Waals surface area contributed by atoms with Gasteiger partial charge in [-0.3, -0.25) is 0 Å². The minimum atomic E-state index is -4.99. The van der Waals surface area contributed by atoms with Crippen molar-refractivity contribution in [3.8, 4) is 0 Å².